The summed E-state index contributed by atoms with van der Waals surface area (Å²) in [5.74, 6) is -1.34. The maximum absolute atomic E-state index is 12.0. The van der Waals surface area contributed by atoms with Gasteiger partial charge in [0.15, 0.2) is 5.78 Å². The molecule has 1 heterocycles. The molecular weight excluding hydrogens is 1720 g/mol. The number of carbonyl (C=O) groups excluding carboxylic acids is 10. The minimum atomic E-state index is -4.65. The number of carbonyl (C=O) groups is 10. The SMILES string of the molecule is C/C=C/C(=O)NCC(C)(C)C.C=C(C(=O)NCC(C)(C)C)C(F)(F)F.C=C(C)C(=O)NCC(C)(C)C.C=CC(=O)CCCC(C)(C)C.C=CC(=O)N(C)CC(C)(C)C.C=CC(=O)N(C)CCC(C)(C)C.C=CC(=O)NCC(C)(C)C.CC(C)(C)CNC(=O)C1(C#N)CC1.CC(C)(C)CNC(=O)CCl.CC(C)(C)Cn1sc2ccccc2c1=O.CN(C)C/C=C/C(=O)NCC(C)(C)C. The number of aromatic nitrogens is 1. The third-order valence-electron chi connectivity index (χ3n) is 16.1. The van der Waals surface area contributed by atoms with E-state index in [1.54, 1.807) is 54.5 Å². The molecule has 1 aliphatic rings. The molecule has 0 saturated heterocycles. The molecule has 1 aliphatic carbocycles. The first-order valence-corrected chi connectivity index (χ1v) is 46.3. The summed E-state index contributed by atoms with van der Waals surface area (Å²) in [6.07, 6.45) is 12.6. The third-order valence-corrected chi connectivity index (χ3v) is 17.4. The average Bonchev–Trinajstić information content (AvgIpc) is 1.64. The largest absolute Gasteiger partial charge is 0.421 e. The summed E-state index contributed by atoms with van der Waals surface area (Å²) in [6.45, 7) is 99.3. The summed E-state index contributed by atoms with van der Waals surface area (Å²) in [6, 6.07) is 9.86. The molecule has 3 rings (SSSR count). The molecule has 9 amide bonds. The number of nitrogens with one attached hydrogen (secondary N) is 7. The molecule has 0 radical (unpaired) electrons. The number of benzene rings is 1. The van der Waals surface area contributed by atoms with Gasteiger partial charge in [-0.2, -0.15) is 18.4 Å². The lowest BCUT2D eigenvalue weighted by Crippen LogP contribution is -2.37. The Balaban J connectivity index is -0.000000214. The van der Waals surface area contributed by atoms with E-state index in [1.165, 1.54) is 30.4 Å². The van der Waals surface area contributed by atoms with Crippen LogP contribution in [0, 0.1) is 76.3 Å². The average molecular weight is 1900 g/mol. The van der Waals surface area contributed by atoms with Crippen LogP contribution in [0.1, 0.15) is 281 Å². The molecule has 23 nitrogen and oxygen atoms in total. The number of likely N-dealkylation sites (N-methyl/N-ethyl adjacent to an activating group) is 3. The zero-order chi connectivity index (χ0) is 106. The molecule has 760 valence electrons. The Kier molecular flexibility index (Phi) is 69.2. The van der Waals surface area contributed by atoms with Crippen molar-refractivity contribution in [1.82, 2.24) is 55.9 Å². The van der Waals surface area contributed by atoms with E-state index >= 15 is 0 Å². The van der Waals surface area contributed by atoms with Crippen molar-refractivity contribution < 1.29 is 61.1 Å². The number of alkyl halides is 4. The zero-order valence-electron chi connectivity index (χ0n) is 89.5. The summed E-state index contributed by atoms with van der Waals surface area (Å²) < 4.78 is 38.8. The van der Waals surface area contributed by atoms with E-state index in [0.717, 1.165) is 74.9 Å². The van der Waals surface area contributed by atoms with Crippen LogP contribution in [0.5, 0.6) is 0 Å². The van der Waals surface area contributed by atoms with Gasteiger partial charge in [-0.1, -0.05) is 304 Å². The van der Waals surface area contributed by atoms with Gasteiger partial charge in [-0.25, -0.2) is 0 Å². The Morgan fingerprint density at radius 1 is 0.500 bits per heavy atom. The van der Waals surface area contributed by atoms with E-state index < -0.39 is 23.1 Å². The van der Waals surface area contributed by atoms with Crippen LogP contribution >= 0.6 is 23.1 Å². The van der Waals surface area contributed by atoms with Crippen molar-refractivity contribution >= 4 is 92.2 Å². The van der Waals surface area contributed by atoms with Crippen molar-refractivity contribution in [2.45, 2.75) is 294 Å². The molecule has 0 bridgehead atoms. The lowest BCUT2D eigenvalue weighted by Gasteiger charge is -2.25. The Morgan fingerprint density at radius 2 is 0.879 bits per heavy atom. The van der Waals surface area contributed by atoms with Crippen LogP contribution in [0.4, 0.5) is 13.2 Å². The number of amides is 9. The molecular formula is C104H184ClF3N12O11S. The van der Waals surface area contributed by atoms with Crippen molar-refractivity contribution in [2.24, 2.45) is 65.0 Å². The van der Waals surface area contributed by atoms with E-state index in [0.29, 0.717) is 50.1 Å². The number of fused-ring (bicyclic) bond motifs is 1. The third kappa shape index (κ3) is 97.3. The predicted molar refractivity (Wildman–Crippen MR) is 551 cm³/mol. The van der Waals surface area contributed by atoms with Gasteiger partial charge in [0.25, 0.3) is 11.5 Å². The highest BCUT2D eigenvalue weighted by Crippen LogP contribution is 2.45. The lowest BCUT2D eigenvalue weighted by atomic mass is 9.89. The fourth-order valence-electron chi connectivity index (χ4n) is 8.45. The van der Waals surface area contributed by atoms with Crippen LogP contribution in [-0.2, 0) is 54.5 Å². The van der Waals surface area contributed by atoms with Gasteiger partial charge < -0.3 is 51.9 Å². The van der Waals surface area contributed by atoms with Gasteiger partial charge in [0.2, 0.25) is 47.3 Å². The molecule has 0 atom stereocenters. The van der Waals surface area contributed by atoms with Gasteiger partial charge in [-0.3, -0.25) is 56.7 Å². The van der Waals surface area contributed by atoms with Crippen molar-refractivity contribution in [3.63, 3.8) is 0 Å². The van der Waals surface area contributed by atoms with Crippen LogP contribution in [0.25, 0.3) is 10.1 Å². The normalized spacial score (nSPS) is 12.3. The number of hydrogen-bond donors (Lipinski definition) is 7. The second-order valence-corrected chi connectivity index (χ2v) is 47.5. The summed E-state index contributed by atoms with van der Waals surface area (Å²) in [7, 11) is 7.53. The van der Waals surface area contributed by atoms with Gasteiger partial charge in [-0.05, 0) is 162 Å². The summed E-state index contributed by atoms with van der Waals surface area (Å²) in [4.78, 5) is 127. The zero-order valence-corrected chi connectivity index (χ0v) is 91.1. The van der Waals surface area contributed by atoms with Gasteiger partial charge >= 0.3 is 6.18 Å². The quantitative estimate of drug-likeness (QED) is 0.0341. The van der Waals surface area contributed by atoms with E-state index in [1.807, 2.05) is 81.0 Å². The topological polar surface area (TPSA) is 310 Å². The number of nitrogens with zero attached hydrogens (tertiary/aromatic N) is 5. The highest BCUT2D eigenvalue weighted by Gasteiger charge is 2.50. The second-order valence-electron chi connectivity index (χ2n) is 46.2. The monoisotopic (exact) mass is 1900 g/mol. The summed E-state index contributed by atoms with van der Waals surface area (Å²) in [5, 5.41) is 28.4. The molecule has 7 N–H and O–H groups in total. The molecule has 132 heavy (non-hydrogen) atoms. The van der Waals surface area contributed by atoms with Gasteiger partial charge in [-0.15, -0.1) is 11.6 Å². The van der Waals surface area contributed by atoms with Crippen LogP contribution in [-0.4, -0.2) is 183 Å². The fraction of sp³-hybridized carbons (Fsp3) is 0.673. The Morgan fingerprint density at radius 3 is 1.20 bits per heavy atom. The molecule has 0 spiro atoms. The molecule has 1 aromatic carbocycles. The summed E-state index contributed by atoms with van der Waals surface area (Å²) >= 11 is 6.82. The molecule has 0 aliphatic heterocycles. The smallest absolute Gasteiger partial charge is 0.355 e. The van der Waals surface area contributed by atoms with Gasteiger partial charge in [0, 0.05) is 104 Å². The van der Waals surface area contributed by atoms with Crippen LogP contribution in [0.3, 0.4) is 0 Å². The highest BCUT2D eigenvalue weighted by atomic mass is 35.5. The second kappa shape index (κ2) is 65.8. The Labute approximate surface area is 807 Å². The van der Waals surface area contributed by atoms with Crippen molar-refractivity contribution in [2.75, 3.05) is 99.5 Å². The van der Waals surface area contributed by atoms with E-state index in [4.69, 9.17) is 16.9 Å². The maximum Gasteiger partial charge on any atom is 0.421 e. The Bertz CT molecular complexity index is 3980. The lowest BCUT2D eigenvalue weighted by molar-refractivity contribution is -0.131. The van der Waals surface area contributed by atoms with Gasteiger partial charge in [0.1, 0.15) is 16.9 Å². The van der Waals surface area contributed by atoms with Crippen LogP contribution in [0.2, 0.25) is 0 Å². The van der Waals surface area contributed by atoms with Crippen LogP contribution in [0.15, 0.2) is 128 Å². The van der Waals surface area contributed by atoms with Gasteiger partial charge in [0.05, 0.1) is 16.2 Å². The van der Waals surface area contributed by atoms with Crippen LogP contribution < -0.4 is 42.8 Å². The molecule has 1 fully saturated rings. The van der Waals surface area contributed by atoms with E-state index in [9.17, 15) is 65.9 Å². The number of allylic oxidation sites excluding steroid dienone is 2. The Hall–Kier alpha value is -8.74. The number of hydrogen-bond acceptors (Lipinski definition) is 14. The highest BCUT2D eigenvalue weighted by molar-refractivity contribution is 7.13. The van der Waals surface area contributed by atoms with E-state index in [-0.39, 0.29) is 125 Å². The number of nitriles is 1. The summed E-state index contributed by atoms with van der Waals surface area (Å²) in [5.41, 5.74) is 0.193. The first-order valence-electron chi connectivity index (χ1n) is 45.0. The minimum absolute atomic E-state index is 0.000694. The van der Waals surface area contributed by atoms with Crippen molar-refractivity contribution in [3.05, 3.63) is 134 Å². The molecule has 2 aromatic rings. The number of ketones is 1. The van der Waals surface area contributed by atoms with E-state index in [2.05, 4.69) is 290 Å². The molecule has 1 saturated carbocycles. The predicted octanol–water partition coefficient (Wildman–Crippen LogP) is 21.0. The molecule has 0 unspecified atom stereocenters. The minimum Gasteiger partial charge on any atom is -0.355 e. The number of rotatable bonds is 26. The van der Waals surface area contributed by atoms with Crippen molar-refractivity contribution in [1.29, 1.82) is 5.26 Å². The first-order chi connectivity index (χ1) is 59.1. The molecule has 28 heteroatoms. The molecule has 1 aromatic heterocycles. The maximum atomic E-state index is 12.0. The fourth-order valence-corrected chi connectivity index (χ4v) is 9.81. The van der Waals surface area contributed by atoms with Crippen molar-refractivity contribution in [3.8, 4) is 6.07 Å². The first kappa shape index (κ1) is 139. The standard InChI is InChI=1S/C12H15NOS.C11H22N2O.C10H16N2O.C10H19NO.C10H18O.C9H14F3NO.3C9H17NO.C8H15NO.C7H14ClNO/c1-12(2,3)8-13-11(14)9-6-4-5-7-10(9)15-13;1-11(2,3)9-12-10(14)7-6-8-13(4)5;1-9(2,3)7-12-8(13)10(6-11)4-5-10;1-6-9(12)11(5)8-7-10(2,3)4;1-5-9(11)7-6-8-10(2,3)4;1-6(9(10,11)12)7(14)13-5-8(2,3)4;1-7(2)8(11)10-6-9(3,4)5;1-6-8(11)10(5)7-9(2,3)4;1-5-6-8(11)10-7-9(2,3)4;1-5-7(10)9-6-8(2,3)4;1-7(2,3)5-9-6(10)4-8/h4-7H,8H2,1-3H3;6-7H,8-9H2,1-5H3,(H,12,14);4-5,7H2,1-3H3,(H,12,13);6H,1,7-8H2,2-5H3;5H,1,6-8H2,2-4H3;1,5H2,2-4H3,(H,13,14);1,6H2,2-5H3,(H,10,11);6H,1,7H2,2-5H3;5-6H,7H2,1-4H3,(H,10,11);5H,1,6H2,2-4H3,(H,9,10);4-5H2,1-3H3,(H,9,10)/b;7-6+;;;;;;;6-5+;;. The number of halogens is 4.